The van der Waals surface area contributed by atoms with E-state index in [9.17, 15) is 18.4 Å². The quantitative estimate of drug-likeness (QED) is 0.561. The Bertz CT molecular complexity index is 297. The van der Waals surface area contributed by atoms with Crippen LogP contribution in [0.1, 0.15) is 26.2 Å². The molecule has 1 aliphatic rings. The number of hydrogen-bond acceptors (Lipinski definition) is 3. The van der Waals surface area contributed by atoms with Gasteiger partial charge in [-0.25, -0.2) is 8.78 Å². The zero-order valence-electron chi connectivity index (χ0n) is 10.0. The minimum absolute atomic E-state index is 0.000667. The van der Waals surface area contributed by atoms with Crippen molar-refractivity contribution in [2.24, 2.45) is 5.92 Å². The van der Waals surface area contributed by atoms with Crippen molar-refractivity contribution in [1.82, 2.24) is 4.90 Å². The number of likely N-dealkylation sites (tertiary alicyclic amines) is 1. The van der Waals surface area contributed by atoms with Gasteiger partial charge in [0.25, 0.3) is 5.92 Å². The van der Waals surface area contributed by atoms with Crippen molar-refractivity contribution in [3.05, 3.63) is 0 Å². The summed E-state index contributed by atoms with van der Waals surface area (Å²) in [7, 11) is 1.21. The van der Waals surface area contributed by atoms with Crippen molar-refractivity contribution < 1.29 is 23.1 Å². The number of ether oxygens (including phenoxy) is 1. The molecule has 0 aromatic rings. The first kappa shape index (κ1) is 13.9. The summed E-state index contributed by atoms with van der Waals surface area (Å²) in [5, 5.41) is 0. The monoisotopic (exact) mass is 249 g/mol. The van der Waals surface area contributed by atoms with Crippen LogP contribution in [0.4, 0.5) is 8.78 Å². The van der Waals surface area contributed by atoms with Gasteiger partial charge in [-0.2, -0.15) is 0 Å². The van der Waals surface area contributed by atoms with Gasteiger partial charge in [0.05, 0.1) is 7.11 Å². The molecule has 0 aliphatic carbocycles. The third-order valence-electron chi connectivity index (χ3n) is 3.00. The number of rotatable bonds is 3. The maximum absolute atomic E-state index is 12.9. The second-order valence-corrected chi connectivity index (χ2v) is 4.17. The summed E-state index contributed by atoms with van der Waals surface area (Å²) in [4.78, 5) is 24.6. The van der Waals surface area contributed by atoms with E-state index in [-0.39, 0.29) is 25.9 Å². The van der Waals surface area contributed by atoms with Gasteiger partial charge < -0.3 is 9.64 Å². The number of hydrogen-bond donors (Lipinski definition) is 0. The van der Waals surface area contributed by atoms with E-state index < -0.39 is 23.7 Å². The minimum Gasteiger partial charge on any atom is -0.468 e. The number of halogens is 2. The summed E-state index contributed by atoms with van der Waals surface area (Å²) >= 11 is 0. The maximum atomic E-state index is 12.9. The molecule has 0 aromatic carbocycles. The van der Waals surface area contributed by atoms with Gasteiger partial charge in [0.15, 0.2) is 0 Å². The molecule has 1 atom stereocenters. The summed E-state index contributed by atoms with van der Waals surface area (Å²) in [5.74, 6) is -4.57. The Morgan fingerprint density at radius 2 is 1.88 bits per heavy atom. The van der Waals surface area contributed by atoms with E-state index in [1.807, 2.05) is 0 Å². The van der Waals surface area contributed by atoms with Crippen LogP contribution in [0.3, 0.4) is 0 Å². The number of esters is 1. The molecule has 1 aliphatic heterocycles. The number of carbonyl (C=O) groups excluding carboxylic acids is 2. The summed E-state index contributed by atoms with van der Waals surface area (Å²) in [6.07, 6.45) is -0.356. The van der Waals surface area contributed by atoms with Crippen LogP contribution in [0.5, 0.6) is 0 Å². The molecule has 0 N–H and O–H groups in total. The second-order valence-electron chi connectivity index (χ2n) is 4.17. The molecular weight excluding hydrogens is 232 g/mol. The average Bonchev–Trinajstić information content (AvgIpc) is 2.29. The molecule has 6 heteroatoms. The van der Waals surface area contributed by atoms with Crippen LogP contribution in [-0.4, -0.2) is 42.9 Å². The Hall–Kier alpha value is -1.20. The molecular formula is C11H17F2NO3. The van der Waals surface area contributed by atoms with Crippen LogP contribution in [0.15, 0.2) is 0 Å². The summed E-state index contributed by atoms with van der Waals surface area (Å²) in [6, 6.07) is 0. The molecule has 1 unspecified atom stereocenters. The Morgan fingerprint density at radius 3 is 2.29 bits per heavy atom. The van der Waals surface area contributed by atoms with Gasteiger partial charge in [0.1, 0.15) is 5.92 Å². The van der Waals surface area contributed by atoms with E-state index >= 15 is 0 Å². The average molecular weight is 249 g/mol. The molecule has 0 saturated carbocycles. The fourth-order valence-electron chi connectivity index (χ4n) is 1.86. The van der Waals surface area contributed by atoms with Gasteiger partial charge in [0, 0.05) is 25.9 Å². The lowest BCUT2D eigenvalue weighted by atomic mass is 10.0. The highest BCUT2D eigenvalue weighted by Gasteiger charge is 2.38. The first-order valence-electron chi connectivity index (χ1n) is 5.65. The van der Waals surface area contributed by atoms with Crippen molar-refractivity contribution in [2.45, 2.75) is 32.1 Å². The third kappa shape index (κ3) is 3.38. The highest BCUT2D eigenvalue weighted by atomic mass is 19.3. The Balaban J connectivity index is 2.61. The van der Waals surface area contributed by atoms with Gasteiger partial charge in [0.2, 0.25) is 5.91 Å². The zero-order valence-corrected chi connectivity index (χ0v) is 10.0. The van der Waals surface area contributed by atoms with Crippen LogP contribution in [-0.2, 0) is 14.3 Å². The SMILES string of the molecule is CCC(C(=O)OC)C(=O)N1CCC(F)(F)CC1. The molecule has 1 heterocycles. The molecule has 17 heavy (non-hydrogen) atoms. The lowest BCUT2D eigenvalue weighted by molar-refractivity contribution is -0.156. The van der Waals surface area contributed by atoms with Crippen LogP contribution in [0, 0.1) is 5.92 Å². The largest absolute Gasteiger partial charge is 0.468 e. The molecule has 1 amide bonds. The fourth-order valence-corrected chi connectivity index (χ4v) is 1.86. The van der Waals surface area contributed by atoms with E-state index in [0.717, 1.165) is 0 Å². The van der Waals surface area contributed by atoms with Gasteiger partial charge >= 0.3 is 5.97 Å². The lowest BCUT2D eigenvalue weighted by Gasteiger charge is -2.33. The van der Waals surface area contributed by atoms with Crippen molar-refractivity contribution >= 4 is 11.9 Å². The van der Waals surface area contributed by atoms with Crippen LogP contribution in [0.25, 0.3) is 0 Å². The number of alkyl halides is 2. The lowest BCUT2D eigenvalue weighted by Crippen LogP contribution is -2.46. The van der Waals surface area contributed by atoms with Crippen molar-refractivity contribution in [2.75, 3.05) is 20.2 Å². The normalized spacial score (nSPS) is 20.8. The summed E-state index contributed by atoms with van der Waals surface area (Å²) < 4.78 is 30.4. The predicted molar refractivity (Wildman–Crippen MR) is 56.6 cm³/mol. The highest BCUT2D eigenvalue weighted by Crippen LogP contribution is 2.28. The predicted octanol–water partition coefficient (Wildman–Crippen LogP) is 1.44. The molecule has 4 nitrogen and oxygen atoms in total. The fraction of sp³-hybridized carbons (Fsp3) is 0.818. The summed E-state index contributed by atoms with van der Waals surface area (Å²) in [5.41, 5.74) is 0. The van der Waals surface area contributed by atoms with Crippen LogP contribution in [0.2, 0.25) is 0 Å². The Morgan fingerprint density at radius 1 is 1.35 bits per heavy atom. The van der Waals surface area contributed by atoms with Crippen molar-refractivity contribution in [3.8, 4) is 0 Å². The molecule has 1 saturated heterocycles. The highest BCUT2D eigenvalue weighted by molar-refractivity contribution is 5.97. The number of carbonyl (C=O) groups is 2. The maximum Gasteiger partial charge on any atom is 0.318 e. The smallest absolute Gasteiger partial charge is 0.318 e. The van der Waals surface area contributed by atoms with Crippen LogP contribution >= 0.6 is 0 Å². The zero-order chi connectivity index (χ0) is 13.1. The number of nitrogens with zero attached hydrogens (tertiary/aromatic N) is 1. The molecule has 0 radical (unpaired) electrons. The van der Waals surface area contributed by atoms with Crippen molar-refractivity contribution in [1.29, 1.82) is 0 Å². The van der Waals surface area contributed by atoms with E-state index in [0.29, 0.717) is 6.42 Å². The molecule has 1 fully saturated rings. The second kappa shape index (κ2) is 5.42. The van der Waals surface area contributed by atoms with Crippen LogP contribution < -0.4 is 0 Å². The third-order valence-corrected chi connectivity index (χ3v) is 3.00. The number of methoxy groups -OCH3 is 1. The van der Waals surface area contributed by atoms with Gasteiger partial charge in [-0.15, -0.1) is 0 Å². The number of amides is 1. The van der Waals surface area contributed by atoms with Gasteiger partial charge in [-0.1, -0.05) is 6.92 Å². The molecule has 0 spiro atoms. The van der Waals surface area contributed by atoms with E-state index in [1.54, 1.807) is 6.92 Å². The van der Waals surface area contributed by atoms with E-state index in [4.69, 9.17) is 0 Å². The van der Waals surface area contributed by atoms with E-state index in [1.165, 1.54) is 12.0 Å². The van der Waals surface area contributed by atoms with Gasteiger partial charge in [-0.05, 0) is 6.42 Å². The first-order valence-corrected chi connectivity index (χ1v) is 5.65. The van der Waals surface area contributed by atoms with Gasteiger partial charge in [-0.3, -0.25) is 9.59 Å². The number of piperidine rings is 1. The standard InChI is InChI=1S/C11H17F2NO3/c1-3-8(10(16)17-2)9(15)14-6-4-11(12,13)5-7-14/h8H,3-7H2,1-2H3. The Labute approximate surface area is 98.9 Å². The molecule has 98 valence electrons. The van der Waals surface area contributed by atoms with Crippen molar-refractivity contribution in [3.63, 3.8) is 0 Å². The topological polar surface area (TPSA) is 46.6 Å². The Kier molecular flexibility index (Phi) is 4.42. The molecule has 0 aromatic heterocycles. The summed E-state index contributed by atoms with van der Waals surface area (Å²) in [6.45, 7) is 1.69. The molecule has 0 bridgehead atoms. The minimum atomic E-state index is -2.69. The first-order chi connectivity index (χ1) is 7.91. The molecule has 1 rings (SSSR count). The van der Waals surface area contributed by atoms with E-state index in [2.05, 4.69) is 4.74 Å².